The number of amides is 1. The largest absolute Gasteiger partial charge is 0.354 e. The molecule has 4 nitrogen and oxygen atoms in total. The van der Waals surface area contributed by atoms with Gasteiger partial charge in [-0.3, -0.25) is 9.69 Å². The summed E-state index contributed by atoms with van der Waals surface area (Å²) in [6.45, 7) is 11.7. The van der Waals surface area contributed by atoms with Gasteiger partial charge in [-0.1, -0.05) is 27.2 Å². The number of rotatable bonds is 9. The molecule has 3 N–H and O–H groups in total. The molecule has 1 amide bonds. The van der Waals surface area contributed by atoms with E-state index in [1.165, 1.54) is 25.9 Å². The minimum atomic E-state index is 0.0927. The highest BCUT2D eigenvalue weighted by atomic mass is 16.1. The number of hydrogen-bond acceptors (Lipinski definition) is 3. The number of carbonyl (C=O) groups is 1. The van der Waals surface area contributed by atoms with Gasteiger partial charge in [-0.2, -0.15) is 0 Å². The van der Waals surface area contributed by atoms with Gasteiger partial charge >= 0.3 is 0 Å². The fraction of sp³-hybridized carbons (Fsp3) is 0.941. The zero-order valence-electron chi connectivity index (χ0n) is 14.4. The first-order valence-electron chi connectivity index (χ1n) is 8.69. The van der Waals surface area contributed by atoms with Crippen molar-refractivity contribution in [3.05, 3.63) is 0 Å². The van der Waals surface area contributed by atoms with Gasteiger partial charge in [0.05, 0.1) is 0 Å². The zero-order chi connectivity index (χ0) is 15.8. The van der Waals surface area contributed by atoms with Crippen molar-refractivity contribution in [2.45, 2.75) is 71.9 Å². The van der Waals surface area contributed by atoms with Gasteiger partial charge in [-0.05, 0) is 51.6 Å². The summed E-state index contributed by atoms with van der Waals surface area (Å²) in [5, 5.41) is 3.17. The number of nitrogens with one attached hydrogen (secondary N) is 1. The lowest BCUT2D eigenvalue weighted by Crippen LogP contribution is -2.46. The minimum absolute atomic E-state index is 0.0927. The molecule has 0 spiro atoms. The second kappa shape index (κ2) is 9.42. The van der Waals surface area contributed by atoms with Crippen molar-refractivity contribution in [2.24, 2.45) is 17.6 Å². The Bertz CT molecular complexity index is 298. The van der Waals surface area contributed by atoms with E-state index >= 15 is 0 Å². The van der Waals surface area contributed by atoms with Gasteiger partial charge in [0.1, 0.15) is 0 Å². The summed E-state index contributed by atoms with van der Waals surface area (Å²) in [6, 6.07) is 0.716. The molecule has 0 aromatic rings. The zero-order valence-corrected chi connectivity index (χ0v) is 14.4. The molecular weight excluding hydrogens is 262 g/mol. The number of likely N-dealkylation sites (tertiary alicyclic amines) is 1. The van der Waals surface area contributed by atoms with Crippen LogP contribution in [0.3, 0.4) is 0 Å². The Morgan fingerprint density at radius 2 is 1.76 bits per heavy atom. The summed E-state index contributed by atoms with van der Waals surface area (Å²) < 4.78 is 0. The Balaban J connectivity index is 2.31. The third-order valence-electron chi connectivity index (χ3n) is 4.61. The first-order chi connectivity index (χ1) is 9.91. The molecule has 1 fully saturated rings. The van der Waals surface area contributed by atoms with Gasteiger partial charge in [0.15, 0.2) is 0 Å². The van der Waals surface area contributed by atoms with E-state index in [4.69, 9.17) is 5.73 Å². The number of nitrogens with zero attached hydrogens (tertiary/aromatic N) is 1. The SMILES string of the molecule is CC(N)CCCC(C)C(=O)NCC(C(C)C)N1CCCC1. The van der Waals surface area contributed by atoms with E-state index in [1.807, 2.05) is 13.8 Å². The van der Waals surface area contributed by atoms with Crippen molar-refractivity contribution >= 4 is 5.91 Å². The van der Waals surface area contributed by atoms with Crippen LogP contribution < -0.4 is 11.1 Å². The summed E-state index contributed by atoms with van der Waals surface area (Å²) >= 11 is 0. The third-order valence-corrected chi connectivity index (χ3v) is 4.61. The highest BCUT2D eigenvalue weighted by Gasteiger charge is 2.25. The molecule has 1 heterocycles. The molecule has 0 bridgehead atoms. The lowest BCUT2D eigenvalue weighted by Gasteiger charge is -2.31. The van der Waals surface area contributed by atoms with Gasteiger partial charge in [0.25, 0.3) is 0 Å². The minimum Gasteiger partial charge on any atom is -0.354 e. The molecule has 0 aromatic heterocycles. The van der Waals surface area contributed by atoms with E-state index in [9.17, 15) is 4.79 Å². The van der Waals surface area contributed by atoms with Crippen LogP contribution in [0.2, 0.25) is 0 Å². The van der Waals surface area contributed by atoms with E-state index in [2.05, 4.69) is 24.1 Å². The standard InChI is InChI=1S/C17H35N3O/c1-13(2)16(20-10-5-6-11-20)12-19-17(21)14(3)8-7-9-15(4)18/h13-16H,5-12,18H2,1-4H3,(H,19,21). The molecule has 124 valence electrons. The summed E-state index contributed by atoms with van der Waals surface area (Å²) in [4.78, 5) is 14.7. The van der Waals surface area contributed by atoms with Crippen molar-refractivity contribution < 1.29 is 4.79 Å². The smallest absolute Gasteiger partial charge is 0.222 e. The predicted molar refractivity (Wildman–Crippen MR) is 89.1 cm³/mol. The topological polar surface area (TPSA) is 58.4 Å². The van der Waals surface area contributed by atoms with E-state index in [-0.39, 0.29) is 17.9 Å². The highest BCUT2D eigenvalue weighted by Crippen LogP contribution is 2.17. The average Bonchev–Trinajstić information content (AvgIpc) is 2.91. The monoisotopic (exact) mass is 297 g/mol. The summed E-state index contributed by atoms with van der Waals surface area (Å²) in [5.74, 6) is 0.872. The third kappa shape index (κ3) is 6.79. The Hall–Kier alpha value is -0.610. The van der Waals surface area contributed by atoms with Crippen LogP contribution in [0.5, 0.6) is 0 Å². The Kier molecular flexibility index (Phi) is 8.27. The van der Waals surface area contributed by atoms with Crippen LogP contribution in [0.1, 0.15) is 59.8 Å². The van der Waals surface area contributed by atoms with Gasteiger partial charge in [-0.15, -0.1) is 0 Å². The lowest BCUT2D eigenvalue weighted by molar-refractivity contribution is -0.125. The molecule has 1 saturated heterocycles. The van der Waals surface area contributed by atoms with Crippen LogP contribution in [0, 0.1) is 11.8 Å². The van der Waals surface area contributed by atoms with Crippen LogP contribution >= 0.6 is 0 Å². The second-order valence-corrected chi connectivity index (χ2v) is 7.11. The maximum Gasteiger partial charge on any atom is 0.222 e. The Morgan fingerprint density at radius 1 is 1.14 bits per heavy atom. The summed E-state index contributed by atoms with van der Waals surface area (Å²) in [5.41, 5.74) is 5.75. The summed E-state index contributed by atoms with van der Waals surface area (Å²) in [7, 11) is 0. The van der Waals surface area contributed by atoms with E-state index in [1.54, 1.807) is 0 Å². The molecule has 3 unspecified atom stereocenters. The maximum atomic E-state index is 12.2. The van der Waals surface area contributed by atoms with Crippen LogP contribution in [-0.2, 0) is 4.79 Å². The van der Waals surface area contributed by atoms with Crippen molar-refractivity contribution in [1.29, 1.82) is 0 Å². The molecule has 0 aromatic carbocycles. The van der Waals surface area contributed by atoms with Crippen molar-refractivity contribution in [1.82, 2.24) is 10.2 Å². The Morgan fingerprint density at radius 3 is 2.29 bits per heavy atom. The molecule has 0 saturated carbocycles. The molecule has 0 aliphatic carbocycles. The van der Waals surface area contributed by atoms with E-state index in [0.717, 1.165) is 25.8 Å². The molecule has 1 rings (SSSR count). The number of carbonyl (C=O) groups excluding carboxylic acids is 1. The van der Waals surface area contributed by atoms with Gasteiger partial charge in [0, 0.05) is 24.5 Å². The maximum absolute atomic E-state index is 12.2. The van der Waals surface area contributed by atoms with Gasteiger partial charge in [-0.25, -0.2) is 0 Å². The van der Waals surface area contributed by atoms with Crippen molar-refractivity contribution in [3.63, 3.8) is 0 Å². The van der Waals surface area contributed by atoms with Crippen molar-refractivity contribution in [2.75, 3.05) is 19.6 Å². The Labute approximate surface area is 130 Å². The highest BCUT2D eigenvalue weighted by molar-refractivity contribution is 5.78. The quantitative estimate of drug-likeness (QED) is 0.687. The molecule has 3 atom stereocenters. The first-order valence-corrected chi connectivity index (χ1v) is 8.69. The van der Waals surface area contributed by atoms with Gasteiger partial charge in [0.2, 0.25) is 5.91 Å². The molecule has 1 aliphatic rings. The molecule has 4 heteroatoms. The second-order valence-electron chi connectivity index (χ2n) is 7.11. The molecule has 1 aliphatic heterocycles. The average molecular weight is 297 g/mol. The van der Waals surface area contributed by atoms with Crippen LogP contribution in [-0.4, -0.2) is 42.5 Å². The van der Waals surface area contributed by atoms with Crippen LogP contribution in [0.25, 0.3) is 0 Å². The molecule has 0 radical (unpaired) electrons. The van der Waals surface area contributed by atoms with Crippen molar-refractivity contribution in [3.8, 4) is 0 Å². The van der Waals surface area contributed by atoms with E-state index in [0.29, 0.717) is 12.0 Å². The number of hydrogen-bond donors (Lipinski definition) is 2. The number of nitrogens with two attached hydrogens (primary N) is 1. The van der Waals surface area contributed by atoms with E-state index < -0.39 is 0 Å². The normalized spacial score (nSPS) is 20.5. The fourth-order valence-corrected chi connectivity index (χ4v) is 3.12. The fourth-order valence-electron chi connectivity index (χ4n) is 3.12. The van der Waals surface area contributed by atoms with Crippen LogP contribution in [0.4, 0.5) is 0 Å². The molecule has 21 heavy (non-hydrogen) atoms. The lowest BCUT2D eigenvalue weighted by atomic mass is 10.00. The van der Waals surface area contributed by atoms with Crippen LogP contribution in [0.15, 0.2) is 0 Å². The molecular formula is C17H35N3O. The summed E-state index contributed by atoms with van der Waals surface area (Å²) in [6.07, 6.45) is 5.56. The first kappa shape index (κ1) is 18.4. The van der Waals surface area contributed by atoms with Gasteiger partial charge < -0.3 is 11.1 Å². The predicted octanol–water partition coefficient (Wildman–Crippen LogP) is 2.38.